The third-order valence-electron chi connectivity index (χ3n) is 2.71. The largest absolute Gasteiger partial charge is 0.489 e. The van der Waals surface area contributed by atoms with Crippen LogP contribution in [0.1, 0.15) is 10.4 Å². The number of benzene rings is 1. The zero-order valence-corrected chi connectivity index (χ0v) is 9.97. The SMILES string of the molecule is CNCC(=O)N1CCOc2c(C(=O)O)cccc21. The molecule has 2 N–H and O–H groups in total. The number of fused-ring (bicyclic) bond motifs is 1. The van der Waals surface area contributed by atoms with Crippen molar-refractivity contribution in [1.29, 1.82) is 0 Å². The van der Waals surface area contributed by atoms with E-state index in [-0.39, 0.29) is 23.8 Å². The van der Waals surface area contributed by atoms with Crippen LogP contribution >= 0.6 is 0 Å². The summed E-state index contributed by atoms with van der Waals surface area (Å²) in [6.07, 6.45) is 0. The second-order valence-electron chi connectivity index (χ2n) is 3.88. The van der Waals surface area contributed by atoms with Gasteiger partial charge < -0.3 is 20.1 Å². The molecule has 1 aromatic carbocycles. The Kier molecular flexibility index (Phi) is 3.47. The summed E-state index contributed by atoms with van der Waals surface area (Å²) in [5.74, 6) is -0.903. The molecule has 6 heteroatoms. The Morgan fingerprint density at radius 3 is 2.94 bits per heavy atom. The van der Waals surface area contributed by atoms with Gasteiger partial charge in [0.1, 0.15) is 12.2 Å². The molecule has 0 radical (unpaired) electrons. The number of carboxylic acid groups (broad SMARTS) is 1. The highest BCUT2D eigenvalue weighted by Crippen LogP contribution is 2.34. The van der Waals surface area contributed by atoms with E-state index in [0.29, 0.717) is 18.8 Å². The molecule has 0 saturated heterocycles. The predicted octanol–water partition coefficient (Wildman–Crippen LogP) is 0.330. The maximum atomic E-state index is 11.9. The van der Waals surface area contributed by atoms with Gasteiger partial charge in [-0.05, 0) is 19.2 Å². The summed E-state index contributed by atoms with van der Waals surface area (Å²) in [4.78, 5) is 24.5. The molecule has 0 unspecified atom stereocenters. The van der Waals surface area contributed by atoms with E-state index in [1.54, 1.807) is 24.1 Å². The Morgan fingerprint density at radius 1 is 1.50 bits per heavy atom. The van der Waals surface area contributed by atoms with Crippen molar-refractivity contribution in [3.05, 3.63) is 23.8 Å². The fourth-order valence-electron chi connectivity index (χ4n) is 1.92. The van der Waals surface area contributed by atoms with Crippen molar-refractivity contribution in [3.63, 3.8) is 0 Å². The average molecular weight is 250 g/mol. The number of hydrogen-bond donors (Lipinski definition) is 2. The zero-order chi connectivity index (χ0) is 13.1. The average Bonchev–Trinajstić information content (AvgIpc) is 2.37. The minimum absolute atomic E-state index is 0.0782. The van der Waals surface area contributed by atoms with Crippen molar-refractivity contribution in [3.8, 4) is 5.75 Å². The lowest BCUT2D eigenvalue weighted by atomic mass is 10.1. The highest BCUT2D eigenvalue weighted by molar-refractivity contribution is 6.00. The number of likely N-dealkylation sites (N-methyl/N-ethyl adjacent to an activating group) is 1. The molecule has 0 saturated carbocycles. The fourth-order valence-corrected chi connectivity index (χ4v) is 1.92. The van der Waals surface area contributed by atoms with Crippen LogP contribution in [-0.2, 0) is 4.79 Å². The molecule has 1 aromatic rings. The molecule has 1 amide bonds. The number of carbonyl (C=O) groups is 2. The number of ether oxygens (including phenoxy) is 1. The molecule has 6 nitrogen and oxygen atoms in total. The quantitative estimate of drug-likeness (QED) is 0.808. The Balaban J connectivity index is 2.41. The third-order valence-corrected chi connectivity index (χ3v) is 2.71. The lowest BCUT2D eigenvalue weighted by molar-refractivity contribution is -0.118. The first-order valence-corrected chi connectivity index (χ1v) is 5.59. The van der Waals surface area contributed by atoms with E-state index in [2.05, 4.69) is 5.32 Å². The molecule has 1 heterocycles. The molecule has 0 aromatic heterocycles. The lowest BCUT2D eigenvalue weighted by Gasteiger charge is -2.30. The van der Waals surface area contributed by atoms with Gasteiger partial charge in [0.25, 0.3) is 0 Å². The van der Waals surface area contributed by atoms with Crippen LogP contribution < -0.4 is 15.0 Å². The van der Waals surface area contributed by atoms with E-state index in [1.165, 1.54) is 6.07 Å². The molecule has 18 heavy (non-hydrogen) atoms. The van der Waals surface area contributed by atoms with Gasteiger partial charge in [0.05, 0.1) is 18.8 Å². The first-order valence-electron chi connectivity index (χ1n) is 5.59. The van der Waals surface area contributed by atoms with Gasteiger partial charge >= 0.3 is 5.97 Å². The van der Waals surface area contributed by atoms with Crippen LogP contribution in [0.25, 0.3) is 0 Å². The molecule has 0 fully saturated rings. The van der Waals surface area contributed by atoms with Crippen molar-refractivity contribution in [2.75, 3.05) is 31.6 Å². The summed E-state index contributed by atoms with van der Waals surface area (Å²) in [7, 11) is 1.69. The number of anilines is 1. The maximum absolute atomic E-state index is 11.9. The second-order valence-corrected chi connectivity index (χ2v) is 3.88. The maximum Gasteiger partial charge on any atom is 0.339 e. The lowest BCUT2D eigenvalue weighted by Crippen LogP contribution is -2.42. The van der Waals surface area contributed by atoms with Crippen molar-refractivity contribution < 1.29 is 19.4 Å². The van der Waals surface area contributed by atoms with E-state index in [0.717, 1.165) is 0 Å². The zero-order valence-electron chi connectivity index (χ0n) is 9.97. The Labute approximate surface area is 104 Å². The number of rotatable bonds is 3. The number of nitrogens with one attached hydrogen (secondary N) is 1. The van der Waals surface area contributed by atoms with Gasteiger partial charge in [-0.3, -0.25) is 4.79 Å². The molecule has 0 bridgehead atoms. The van der Waals surface area contributed by atoms with E-state index in [4.69, 9.17) is 9.84 Å². The van der Waals surface area contributed by atoms with Crippen molar-refractivity contribution in [2.45, 2.75) is 0 Å². The molecular formula is C12H14N2O4. The topological polar surface area (TPSA) is 78.9 Å². The Hall–Kier alpha value is -2.08. The van der Waals surface area contributed by atoms with E-state index < -0.39 is 5.97 Å². The van der Waals surface area contributed by atoms with Crippen molar-refractivity contribution in [2.24, 2.45) is 0 Å². The number of amides is 1. The van der Waals surface area contributed by atoms with Gasteiger partial charge in [-0.2, -0.15) is 0 Å². The van der Waals surface area contributed by atoms with Crippen LogP contribution in [0.15, 0.2) is 18.2 Å². The molecule has 1 aliphatic heterocycles. The minimum atomic E-state index is -1.06. The molecule has 0 aliphatic carbocycles. The van der Waals surface area contributed by atoms with Crippen LogP contribution in [-0.4, -0.2) is 43.7 Å². The number of carbonyl (C=O) groups excluding carboxylic acids is 1. The van der Waals surface area contributed by atoms with Crippen molar-refractivity contribution >= 4 is 17.6 Å². The Bertz CT molecular complexity index is 487. The van der Waals surface area contributed by atoms with Gasteiger partial charge in [0, 0.05) is 0 Å². The van der Waals surface area contributed by atoms with Gasteiger partial charge in [0.15, 0.2) is 5.75 Å². The van der Waals surface area contributed by atoms with Crippen LogP contribution in [0.4, 0.5) is 5.69 Å². The predicted molar refractivity (Wildman–Crippen MR) is 65.2 cm³/mol. The fraction of sp³-hybridized carbons (Fsp3) is 0.333. The van der Waals surface area contributed by atoms with E-state index in [9.17, 15) is 9.59 Å². The van der Waals surface area contributed by atoms with Crippen LogP contribution in [0.5, 0.6) is 5.75 Å². The third kappa shape index (κ3) is 2.14. The summed E-state index contributed by atoms with van der Waals surface area (Å²) >= 11 is 0. The second kappa shape index (κ2) is 5.05. The van der Waals surface area contributed by atoms with Crippen LogP contribution in [0.3, 0.4) is 0 Å². The van der Waals surface area contributed by atoms with Gasteiger partial charge in [0.2, 0.25) is 5.91 Å². The minimum Gasteiger partial charge on any atom is -0.489 e. The van der Waals surface area contributed by atoms with E-state index in [1.807, 2.05) is 0 Å². The highest BCUT2D eigenvalue weighted by atomic mass is 16.5. The molecule has 96 valence electrons. The van der Waals surface area contributed by atoms with Crippen LogP contribution in [0, 0.1) is 0 Å². The van der Waals surface area contributed by atoms with E-state index >= 15 is 0 Å². The molecule has 2 rings (SSSR count). The summed E-state index contributed by atoms with van der Waals surface area (Å²) in [6.45, 7) is 0.931. The number of nitrogens with zero attached hydrogens (tertiary/aromatic N) is 1. The smallest absolute Gasteiger partial charge is 0.339 e. The first kappa shape index (κ1) is 12.4. The molecule has 0 atom stereocenters. The summed E-state index contributed by atoms with van der Waals surface area (Å²) < 4.78 is 5.38. The molecular weight excluding hydrogens is 236 g/mol. The van der Waals surface area contributed by atoms with Crippen molar-refractivity contribution in [1.82, 2.24) is 5.32 Å². The highest BCUT2D eigenvalue weighted by Gasteiger charge is 2.26. The van der Waals surface area contributed by atoms with Gasteiger partial charge in [-0.15, -0.1) is 0 Å². The first-order chi connectivity index (χ1) is 8.65. The Morgan fingerprint density at radius 2 is 2.28 bits per heavy atom. The summed E-state index contributed by atoms with van der Waals surface area (Å²) in [5.41, 5.74) is 0.593. The van der Waals surface area contributed by atoms with Crippen LogP contribution in [0.2, 0.25) is 0 Å². The standard InChI is InChI=1S/C12H14N2O4/c1-13-7-10(15)14-5-6-18-11-8(12(16)17)3-2-4-9(11)14/h2-4,13H,5-7H2,1H3,(H,16,17). The van der Waals surface area contributed by atoms with Gasteiger partial charge in [-0.1, -0.05) is 6.07 Å². The molecule has 1 aliphatic rings. The monoisotopic (exact) mass is 250 g/mol. The summed E-state index contributed by atoms with van der Waals surface area (Å²) in [5, 5.41) is 11.9. The summed E-state index contributed by atoms with van der Waals surface area (Å²) in [6, 6.07) is 4.76. The normalized spacial score (nSPS) is 13.7. The molecule has 0 spiro atoms. The van der Waals surface area contributed by atoms with Gasteiger partial charge in [-0.25, -0.2) is 4.79 Å². The number of para-hydroxylation sites is 1. The number of aromatic carboxylic acids is 1. The number of hydrogen-bond acceptors (Lipinski definition) is 4. The number of carboxylic acids is 1.